The zero-order valence-electron chi connectivity index (χ0n) is 10.1. The van der Waals surface area contributed by atoms with Crippen LogP contribution in [0, 0.1) is 23.1 Å². The Morgan fingerprint density at radius 3 is 2.71 bits per heavy atom. The standard InChI is InChI=1S/C14H17FN2/c1-11-4-6-17(7-5-11)10-13-3-2-12(9-16)8-14(13)15/h2-3,8,11H,4-7,10H2,1H3. The average molecular weight is 232 g/mol. The quantitative estimate of drug-likeness (QED) is 0.784. The summed E-state index contributed by atoms with van der Waals surface area (Å²) in [6.45, 7) is 5.01. The molecular formula is C14H17FN2. The number of hydrogen-bond acceptors (Lipinski definition) is 2. The second kappa shape index (κ2) is 5.29. The monoisotopic (exact) mass is 232 g/mol. The fourth-order valence-electron chi connectivity index (χ4n) is 2.21. The van der Waals surface area contributed by atoms with Crippen molar-refractivity contribution in [2.75, 3.05) is 13.1 Å². The van der Waals surface area contributed by atoms with E-state index < -0.39 is 0 Å². The van der Waals surface area contributed by atoms with E-state index in [1.807, 2.05) is 6.07 Å². The number of benzene rings is 1. The molecule has 1 saturated heterocycles. The number of hydrogen-bond donors (Lipinski definition) is 0. The molecule has 3 heteroatoms. The highest BCUT2D eigenvalue weighted by molar-refractivity contribution is 5.32. The van der Waals surface area contributed by atoms with Crippen LogP contribution in [-0.4, -0.2) is 18.0 Å². The van der Waals surface area contributed by atoms with E-state index in [2.05, 4.69) is 11.8 Å². The zero-order valence-corrected chi connectivity index (χ0v) is 10.1. The fraction of sp³-hybridized carbons (Fsp3) is 0.500. The number of nitriles is 1. The van der Waals surface area contributed by atoms with Gasteiger partial charge in [0, 0.05) is 12.1 Å². The van der Waals surface area contributed by atoms with Gasteiger partial charge in [0.05, 0.1) is 11.6 Å². The molecule has 0 N–H and O–H groups in total. The molecule has 17 heavy (non-hydrogen) atoms. The lowest BCUT2D eigenvalue weighted by molar-refractivity contribution is 0.183. The van der Waals surface area contributed by atoms with Crippen molar-refractivity contribution in [3.8, 4) is 6.07 Å². The number of halogens is 1. The molecule has 0 aromatic heterocycles. The van der Waals surface area contributed by atoms with E-state index in [0.29, 0.717) is 17.7 Å². The van der Waals surface area contributed by atoms with Gasteiger partial charge in [0.25, 0.3) is 0 Å². The first-order valence-corrected chi connectivity index (χ1v) is 6.10. The largest absolute Gasteiger partial charge is 0.299 e. The minimum absolute atomic E-state index is 0.261. The zero-order chi connectivity index (χ0) is 12.3. The highest BCUT2D eigenvalue weighted by atomic mass is 19.1. The molecule has 0 bridgehead atoms. The van der Waals surface area contributed by atoms with E-state index in [1.54, 1.807) is 12.1 Å². The minimum Gasteiger partial charge on any atom is -0.299 e. The molecule has 0 radical (unpaired) electrons. The Labute approximate surface area is 102 Å². The van der Waals surface area contributed by atoms with Crippen LogP contribution in [0.1, 0.15) is 30.9 Å². The highest BCUT2D eigenvalue weighted by Crippen LogP contribution is 2.19. The average Bonchev–Trinajstić information content (AvgIpc) is 2.34. The van der Waals surface area contributed by atoms with E-state index in [-0.39, 0.29) is 5.82 Å². The first-order chi connectivity index (χ1) is 8.19. The smallest absolute Gasteiger partial charge is 0.129 e. The van der Waals surface area contributed by atoms with Gasteiger partial charge >= 0.3 is 0 Å². The van der Waals surface area contributed by atoms with Gasteiger partial charge in [0.1, 0.15) is 5.82 Å². The predicted octanol–water partition coefficient (Wildman–Crippen LogP) is 2.93. The van der Waals surface area contributed by atoms with E-state index in [9.17, 15) is 4.39 Å². The normalized spacial score (nSPS) is 17.9. The van der Waals surface area contributed by atoms with Crippen molar-refractivity contribution in [2.45, 2.75) is 26.3 Å². The lowest BCUT2D eigenvalue weighted by atomic mass is 9.99. The predicted molar refractivity (Wildman–Crippen MR) is 64.8 cm³/mol. The van der Waals surface area contributed by atoms with Gasteiger partial charge in [-0.15, -0.1) is 0 Å². The third kappa shape index (κ3) is 3.04. The van der Waals surface area contributed by atoms with Crippen LogP contribution in [0.3, 0.4) is 0 Å². The van der Waals surface area contributed by atoms with E-state index in [0.717, 1.165) is 19.0 Å². The van der Waals surface area contributed by atoms with E-state index >= 15 is 0 Å². The third-order valence-electron chi connectivity index (χ3n) is 3.45. The first kappa shape index (κ1) is 12.1. The van der Waals surface area contributed by atoms with Crippen molar-refractivity contribution in [1.82, 2.24) is 4.90 Å². The number of rotatable bonds is 2. The molecular weight excluding hydrogens is 215 g/mol. The molecule has 1 aliphatic rings. The van der Waals surface area contributed by atoms with Crippen molar-refractivity contribution in [3.63, 3.8) is 0 Å². The lowest BCUT2D eigenvalue weighted by Crippen LogP contribution is -2.32. The third-order valence-corrected chi connectivity index (χ3v) is 3.45. The second-order valence-electron chi connectivity index (χ2n) is 4.88. The van der Waals surface area contributed by atoms with Gasteiger partial charge in [-0.05, 0) is 44.0 Å². The number of nitrogens with zero attached hydrogens (tertiary/aromatic N) is 2. The van der Waals surface area contributed by atoms with E-state index in [1.165, 1.54) is 18.9 Å². The maximum Gasteiger partial charge on any atom is 0.129 e. The van der Waals surface area contributed by atoms with Crippen LogP contribution in [-0.2, 0) is 6.54 Å². The maximum atomic E-state index is 13.7. The SMILES string of the molecule is CC1CCN(Cc2ccc(C#N)cc2F)CC1. The Balaban J connectivity index is 2.02. The molecule has 0 spiro atoms. The lowest BCUT2D eigenvalue weighted by Gasteiger charge is -2.30. The highest BCUT2D eigenvalue weighted by Gasteiger charge is 2.16. The van der Waals surface area contributed by atoms with Crippen molar-refractivity contribution in [3.05, 3.63) is 35.1 Å². The molecule has 0 unspecified atom stereocenters. The van der Waals surface area contributed by atoms with Gasteiger partial charge in [0.15, 0.2) is 0 Å². The molecule has 90 valence electrons. The van der Waals surface area contributed by atoms with Gasteiger partial charge in [-0.3, -0.25) is 4.90 Å². The van der Waals surface area contributed by atoms with Gasteiger partial charge in [-0.2, -0.15) is 5.26 Å². The van der Waals surface area contributed by atoms with E-state index in [4.69, 9.17) is 5.26 Å². The van der Waals surface area contributed by atoms with Crippen LogP contribution in [0.15, 0.2) is 18.2 Å². The van der Waals surface area contributed by atoms with Crippen LogP contribution in [0.5, 0.6) is 0 Å². The number of likely N-dealkylation sites (tertiary alicyclic amines) is 1. The molecule has 1 aromatic rings. The van der Waals surface area contributed by atoms with Crippen molar-refractivity contribution in [1.29, 1.82) is 5.26 Å². The summed E-state index contributed by atoms with van der Waals surface area (Å²) in [5.41, 5.74) is 1.08. The summed E-state index contributed by atoms with van der Waals surface area (Å²) in [5, 5.41) is 8.68. The molecule has 0 aliphatic carbocycles. The Hall–Kier alpha value is -1.40. The van der Waals surface area contributed by atoms with Crippen molar-refractivity contribution >= 4 is 0 Å². The summed E-state index contributed by atoms with van der Waals surface area (Å²) in [7, 11) is 0. The summed E-state index contributed by atoms with van der Waals surface area (Å²) in [6.07, 6.45) is 2.38. The van der Waals surface area contributed by atoms with Crippen LogP contribution in [0.25, 0.3) is 0 Å². The minimum atomic E-state index is -0.261. The summed E-state index contributed by atoms with van der Waals surface area (Å²) >= 11 is 0. The molecule has 1 fully saturated rings. The maximum absolute atomic E-state index is 13.7. The Morgan fingerprint density at radius 1 is 1.41 bits per heavy atom. The Morgan fingerprint density at radius 2 is 2.12 bits per heavy atom. The van der Waals surface area contributed by atoms with Crippen molar-refractivity contribution < 1.29 is 4.39 Å². The van der Waals surface area contributed by atoms with Crippen molar-refractivity contribution in [2.24, 2.45) is 5.92 Å². The Bertz CT molecular complexity index is 428. The Kier molecular flexibility index (Phi) is 3.75. The number of piperidine rings is 1. The molecule has 1 aliphatic heterocycles. The molecule has 1 heterocycles. The van der Waals surface area contributed by atoms with Gasteiger partial charge in [-0.25, -0.2) is 4.39 Å². The van der Waals surface area contributed by atoms with Gasteiger partial charge in [0.2, 0.25) is 0 Å². The summed E-state index contributed by atoms with van der Waals surface area (Å²) in [4.78, 5) is 2.28. The van der Waals surface area contributed by atoms with Gasteiger partial charge in [-0.1, -0.05) is 13.0 Å². The molecule has 2 rings (SSSR count). The fourth-order valence-corrected chi connectivity index (χ4v) is 2.21. The topological polar surface area (TPSA) is 27.0 Å². The van der Waals surface area contributed by atoms with Crippen LogP contribution in [0.2, 0.25) is 0 Å². The molecule has 0 atom stereocenters. The van der Waals surface area contributed by atoms with Gasteiger partial charge < -0.3 is 0 Å². The van der Waals surface area contributed by atoms with Crippen LogP contribution >= 0.6 is 0 Å². The van der Waals surface area contributed by atoms with Crippen LogP contribution < -0.4 is 0 Å². The summed E-state index contributed by atoms with van der Waals surface area (Å²) in [5.74, 6) is 0.528. The molecule has 1 aromatic carbocycles. The summed E-state index contributed by atoms with van der Waals surface area (Å²) in [6, 6.07) is 6.69. The second-order valence-corrected chi connectivity index (χ2v) is 4.88. The molecule has 2 nitrogen and oxygen atoms in total. The molecule has 0 saturated carbocycles. The first-order valence-electron chi connectivity index (χ1n) is 6.10. The van der Waals surface area contributed by atoms with Crippen LogP contribution in [0.4, 0.5) is 4.39 Å². The summed E-state index contributed by atoms with van der Waals surface area (Å²) < 4.78 is 13.7. The molecule has 0 amide bonds.